The maximum Gasteiger partial charge on any atom is 0.301 e. The van der Waals surface area contributed by atoms with E-state index in [0.717, 1.165) is 22.2 Å². The molecule has 39 heavy (non-hydrogen) atoms. The van der Waals surface area contributed by atoms with Crippen LogP contribution >= 0.6 is 11.3 Å². The van der Waals surface area contributed by atoms with Gasteiger partial charge in [0.2, 0.25) is 0 Å². The largest absolute Gasteiger partial charge is 0.507 e. The lowest BCUT2D eigenvalue weighted by Crippen LogP contribution is -2.29. The number of ether oxygens (including phenoxy) is 2. The topological polar surface area (TPSA) is 89.0 Å². The standard InChI is InChI=1S/C31H28N2O5S/c1-4-16-37-22-11-7-20(8-12-22)27-26(28(34)21-9-13-23(14-10-21)38-17-5-2)29(35)30(36)33(27)31-32-24-15-6-19(3)18-25(24)39-31/h4,6-15,18,27,34H,1,5,16-17H2,2-3H3. The summed E-state index contributed by atoms with van der Waals surface area (Å²) in [7, 11) is 0. The van der Waals surface area contributed by atoms with Crippen molar-refractivity contribution < 1.29 is 24.2 Å². The van der Waals surface area contributed by atoms with Crippen molar-refractivity contribution in [2.75, 3.05) is 18.1 Å². The van der Waals surface area contributed by atoms with Crippen LogP contribution in [0.5, 0.6) is 11.5 Å². The molecular weight excluding hydrogens is 512 g/mol. The highest BCUT2D eigenvalue weighted by Crippen LogP contribution is 2.44. The quantitative estimate of drug-likeness (QED) is 0.112. The molecule has 0 aliphatic carbocycles. The van der Waals surface area contributed by atoms with E-state index in [1.165, 1.54) is 16.2 Å². The highest BCUT2D eigenvalue weighted by molar-refractivity contribution is 7.22. The number of anilines is 1. The Morgan fingerprint density at radius 3 is 2.44 bits per heavy atom. The van der Waals surface area contributed by atoms with E-state index >= 15 is 0 Å². The number of carbonyl (C=O) groups excluding carboxylic acids is 2. The fraction of sp³-hybridized carbons (Fsp3) is 0.194. The van der Waals surface area contributed by atoms with Gasteiger partial charge >= 0.3 is 5.91 Å². The van der Waals surface area contributed by atoms with Gasteiger partial charge in [0, 0.05) is 5.56 Å². The number of nitrogens with zero attached hydrogens (tertiary/aromatic N) is 2. The third-order valence-electron chi connectivity index (χ3n) is 6.35. The van der Waals surface area contributed by atoms with Gasteiger partial charge in [0.15, 0.2) is 5.13 Å². The molecule has 0 spiro atoms. The van der Waals surface area contributed by atoms with Gasteiger partial charge in [-0.15, -0.1) is 0 Å². The lowest BCUT2D eigenvalue weighted by molar-refractivity contribution is -0.132. The van der Waals surface area contributed by atoms with E-state index in [1.54, 1.807) is 54.6 Å². The molecule has 7 nitrogen and oxygen atoms in total. The molecule has 1 saturated heterocycles. The Bertz CT molecular complexity index is 1570. The van der Waals surface area contributed by atoms with Gasteiger partial charge in [-0.05, 0) is 73.0 Å². The van der Waals surface area contributed by atoms with Crippen LogP contribution in [-0.2, 0) is 9.59 Å². The number of fused-ring (bicyclic) bond motifs is 1. The van der Waals surface area contributed by atoms with Crippen LogP contribution in [-0.4, -0.2) is 35.0 Å². The monoisotopic (exact) mass is 540 g/mol. The van der Waals surface area contributed by atoms with Crippen LogP contribution < -0.4 is 14.4 Å². The predicted octanol–water partition coefficient (Wildman–Crippen LogP) is 6.58. The average molecular weight is 541 g/mol. The maximum absolute atomic E-state index is 13.5. The zero-order valence-electron chi connectivity index (χ0n) is 21.7. The molecule has 0 radical (unpaired) electrons. The molecule has 1 aromatic heterocycles. The normalized spacial score (nSPS) is 16.6. The number of hydrogen-bond acceptors (Lipinski definition) is 7. The van der Waals surface area contributed by atoms with Crippen molar-refractivity contribution >= 4 is 44.1 Å². The number of carbonyl (C=O) groups is 2. The molecule has 1 unspecified atom stereocenters. The van der Waals surface area contributed by atoms with E-state index in [2.05, 4.69) is 11.6 Å². The smallest absolute Gasteiger partial charge is 0.301 e. The fourth-order valence-corrected chi connectivity index (χ4v) is 5.54. The summed E-state index contributed by atoms with van der Waals surface area (Å²) in [4.78, 5) is 33.0. The first-order valence-electron chi connectivity index (χ1n) is 12.7. The summed E-state index contributed by atoms with van der Waals surface area (Å²) in [6.07, 6.45) is 2.52. The van der Waals surface area contributed by atoms with Crippen molar-refractivity contribution in [2.45, 2.75) is 26.3 Å². The van der Waals surface area contributed by atoms with Crippen LogP contribution in [0.15, 0.2) is 85.0 Å². The minimum atomic E-state index is -0.879. The van der Waals surface area contributed by atoms with Crippen molar-refractivity contribution in [3.05, 3.63) is 102 Å². The summed E-state index contributed by atoms with van der Waals surface area (Å²) in [6.45, 7) is 8.59. The molecule has 0 saturated carbocycles. The minimum Gasteiger partial charge on any atom is -0.507 e. The van der Waals surface area contributed by atoms with E-state index in [1.807, 2.05) is 32.0 Å². The molecule has 3 aromatic carbocycles. The summed E-state index contributed by atoms with van der Waals surface area (Å²) >= 11 is 1.33. The van der Waals surface area contributed by atoms with Crippen LogP contribution in [0.1, 0.15) is 36.1 Å². The first kappa shape index (κ1) is 26.2. The molecule has 5 rings (SSSR count). The maximum atomic E-state index is 13.5. The van der Waals surface area contributed by atoms with Crippen LogP contribution in [0, 0.1) is 6.92 Å². The van der Waals surface area contributed by atoms with Gasteiger partial charge in [0.05, 0.1) is 28.4 Å². The molecule has 1 atom stereocenters. The number of aromatic nitrogens is 1. The highest BCUT2D eigenvalue weighted by atomic mass is 32.1. The number of benzene rings is 3. The third-order valence-corrected chi connectivity index (χ3v) is 7.36. The molecule has 198 valence electrons. The van der Waals surface area contributed by atoms with Gasteiger partial charge in [0.1, 0.15) is 23.9 Å². The molecule has 1 aliphatic heterocycles. The van der Waals surface area contributed by atoms with Crippen molar-refractivity contribution in [3.8, 4) is 11.5 Å². The number of aryl methyl sites for hydroxylation is 1. The summed E-state index contributed by atoms with van der Waals surface area (Å²) in [6, 6.07) is 18.9. The zero-order chi connectivity index (χ0) is 27.5. The third kappa shape index (κ3) is 5.15. The average Bonchev–Trinajstić information content (AvgIpc) is 3.48. The fourth-order valence-electron chi connectivity index (χ4n) is 4.45. The van der Waals surface area contributed by atoms with E-state index in [0.29, 0.717) is 41.0 Å². The SMILES string of the molecule is C=CCOc1ccc(C2C(=C(O)c3ccc(OCCC)cc3)C(=O)C(=O)N2c2nc3ccc(C)cc3s2)cc1. The molecule has 1 fully saturated rings. The van der Waals surface area contributed by atoms with Gasteiger partial charge in [-0.1, -0.05) is 49.1 Å². The lowest BCUT2D eigenvalue weighted by atomic mass is 9.95. The summed E-state index contributed by atoms with van der Waals surface area (Å²) in [5.41, 5.74) is 2.85. The number of thiazole rings is 1. The molecule has 1 amide bonds. The number of ketones is 1. The minimum absolute atomic E-state index is 0.00239. The molecule has 1 aliphatic rings. The molecule has 4 aromatic rings. The molecule has 8 heteroatoms. The van der Waals surface area contributed by atoms with Gasteiger partial charge in [0.25, 0.3) is 5.78 Å². The second-order valence-corrected chi connectivity index (χ2v) is 10.2. The van der Waals surface area contributed by atoms with Crippen LogP contribution in [0.25, 0.3) is 16.0 Å². The Hall–Kier alpha value is -4.43. The van der Waals surface area contributed by atoms with Gasteiger partial charge < -0.3 is 14.6 Å². The zero-order valence-corrected chi connectivity index (χ0v) is 22.5. The predicted molar refractivity (Wildman–Crippen MR) is 154 cm³/mol. The van der Waals surface area contributed by atoms with Crippen LogP contribution in [0.4, 0.5) is 5.13 Å². The summed E-state index contributed by atoms with van der Waals surface area (Å²) in [5, 5.41) is 11.8. The van der Waals surface area contributed by atoms with Crippen molar-refractivity contribution in [2.24, 2.45) is 0 Å². The van der Waals surface area contributed by atoms with E-state index in [-0.39, 0.29) is 11.3 Å². The second-order valence-electron chi connectivity index (χ2n) is 9.18. The summed E-state index contributed by atoms with van der Waals surface area (Å²) in [5.74, 6) is -0.496. The molecule has 1 N–H and O–H groups in total. The number of hydrogen-bond donors (Lipinski definition) is 1. The van der Waals surface area contributed by atoms with Crippen LogP contribution in [0.3, 0.4) is 0 Å². The second kappa shape index (κ2) is 11.1. The number of aliphatic hydroxyl groups is 1. The first-order valence-corrected chi connectivity index (χ1v) is 13.5. The summed E-state index contributed by atoms with van der Waals surface area (Å²) < 4.78 is 12.2. The Balaban J connectivity index is 1.62. The van der Waals surface area contributed by atoms with Crippen molar-refractivity contribution in [1.29, 1.82) is 0 Å². The van der Waals surface area contributed by atoms with Crippen molar-refractivity contribution in [1.82, 2.24) is 4.98 Å². The van der Waals surface area contributed by atoms with Gasteiger partial charge in [-0.25, -0.2) is 4.98 Å². The van der Waals surface area contributed by atoms with Crippen LogP contribution in [0.2, 0.25) is 0 Å². The molecule has 0 bridgehead atoms. The Morgan fingerprint density at radius 1 is 1.05 bits per heavy atom. The Kier molecular flexibility index (Phi) is 7.47. The Morgan fingerprint density at radius 2 is 1.74 bits per heavy atom. The van der Waals surface area contributed by atoms with E-state index in [4.69, 9.17) is 9.47 Å². The first-order chi connectivity index (χ1) is 18.9. The highest BCUT2D eigenvalue weighted by Gasteiger charge is 2.48. The van der Waals surface area contributed by atoms with E-state index < -0.39 is 17.7 Å². The lowest BCUT2D eigenvalue weighted by Gasteiger charge is -2.23. The van der Waals surface area contributed by atoms with Crippen molar-refractivity contribution in [3.63, 3.8) is 0 Å². The Labute approximate surface area is 230 Å². The van der Waals surface area contributed by atoms with Gasteiger partial charge in [-0.2, -0.15) is 0 Å². The molecular formula is C31H28N2O5S. The molecule has 2 heterocycles. The number of Topliss-reactive ketones (excluding diaryl/α,β-unsaturated/α-hetero) is 1. The van der Waals surface area contributed by atoms with Gasteiger partial charge in [-0.3, -0.25) is 14.5 Å². The number of rotatable bonds is 9. The number of amides is 1. The number of aliphatic hydroxyl groups excluding tert-OH is 1. The van der Waals surface area contributed by atoms with E-state index in [9.17, 15) is 14.7 Å².